The molecule has 1 aliphatic heterocycles. The van der Waals surface area contributed by atoms with Crippen molar-refractivity contribution in [1.82, 2.24) is 10.2 Å². The number of hydrogen-bond donors (Lipinski definition) is 1. The third-order valence-electron chi connectivity index (χ3n) is 2.02. The van der Waals surface area contributed by atoms with E-state index in [1.807, 2.05) is 11.9 Å². The molecule has 11 heavy (non-hydrogen) atoms. The first kappa shape index (κ1) is 8.53. The van der Waals surface area contributed by atoms with Crippen molar-refractivity contribution >= 4 is 5.91 Å². The summed E-state index contributed by atoms with van der Waals surface area (Å²) in [7, 11) is 1.88. The molecule has 0 aromatic carbocycles. The maximum Gasteiger partial charge on any atom is 0.223 e. The molecule has 1 atom stereocenters. The minimum Gasteiger partial charge on any atom is -0.345 e. The molecule has 1 saturated heterocycles. The van der Waals surface area contributed by atoms with E-state index in [0.29, 0.717) is 12.3 Å². The molecule has 0 spiro atoms. The fourth-order valence-corrected chi connectivity index (χ4v) is 1.37. The van der Waals surface area contributed by atoms with Crippen LogP contribution in [0.25, 0.3) is 0 Å². The first-order valence-electron chi connectivity index (χ1n) is 4.15. The van der Waals surface area contributed by atoms with E-state index in [1.165, 1.54) is 0 Å². The number of carbonyl (C=O) groups excluding carboxylic acids is 1. The summed E-state index contributed by atoms with van der Waals surface area (Å²) in [5.74, 6) is 0.827. The third-order valence-corrected chi connectivity index (χ3v) is 2.02. The van der Waals surface area contributed by atoms with Gasteiger partial charge in [-0.3, -0.25) is 4.79 Å². The molecular formula is C8H16N2O. The summed E-state index contributed by atoms with van der Waals surface area (Å²) >= 11 is 0. The Morgan fingerprint density at radius 1 is 1.64 bits per heavy atom. The summed E-state index contributed by atoms with van der Waals surface area (Å²) in [5, 5.41) is 3.24. The van der Waals surface area contributed by atoms with E-state index in [4.69, 9.17) is 0 Å². The highest BCUT2D eigenvalue weighted by atomic mass is 16.2. The van der Waals surface area contributed by atoms with Gasteiger partial charge in [0.1, 0.15) is 0 Å². The second kappa shape index (κ2) is 3.72. The van der Waals surface area contributed by atoms with Crippen molar-refractivity contribution in [1.29, 1.82) is 0 Å². The molecule has 64 valence electrons. The van der Waals surface area contributed by atoms with Gasteiger partial charge in [0.25, 0.3) is 0 Å². The standard InChI is InChI=1S/C8H16N2O/c1-7-5-9-4-3-8(11)10(2)6-7/h7,9H,3-6H2,1-2H3. The van der Waals surface area contributed by atoms with Crippen LogP contribution < -0.4 is 5.32 Å². The first-order valence-corrected chi connectivity index (χ1v) is 4.15. The summed E-state index contributed by atoms with van der Waals surface area (Å²) in [6.45, 7) is 4.89. The number of amides is 1. The average Bonchev–Trinajstić information content (AvgIpc) is 1.95. The summed E-state index contributed by atoms with van der Waals surface area (Å²) in [5.41, 5.74) is 0. The number of nitrogens with one attached hydrogen (secondary N) is 1. The van der Waals surface area contributed by atoms with Crippen molar-refractivity contribution in [2.45, 2.75) is 13.3 Å². The van der Waals surface area contributed by atoms with Gasteiger partial charge in [0.05, 0.1) is 0 Å². The molecule has 0 aromatic heterocycles. The lowest BCUT2D eigenvalue weighted by Crippen LogP contribution is -2.39. The van der Waals surface area contributed by atoms with Gasteiger partial charge < -0.3 is 10.2 Å². The maximum atomic E-state index is 11.2. The van der Waals surface area contributed by atoms with Crippen LogP contribution >= 0.6 is 0 Å². The van der Waals surface area contributed by atoms with Gasteiger partial charge >= 0.3 is 0 Å². The van der Waals surface area contributed by atoms with Gasteiger partial charge in [-0.15, -0.1) is 0 Å². The minimum absolute atomic E-state index is 0.254. The molecule has 0 saturated carbocycles. The quantitative estimate of drug-likeness (QED) is 0.538. The van der Waals surface area contributed by atoms with Crippen LogP contribution in [0.1, 0.15) is 13.3 Å². The smallest absolute Gasteiger partial charge is 0.223 e. The van der Waals surface area contributed by atoms with Crippen molar-refractivity contribution < 1.29 is 4.79 Å². The highest BCUT2D eigenvalue weighted by Crippen LogP contribution is 2.01. The van der Waals surface area contributed by atoms with Crippen LogP contribution in [0, 0.1) is 5.92 Å². The van der Waals surface area contributed by atoms with Crippen LogP contribution in [0.3, 0.4) is 0 Å². The summed E-state index contributed by atoms with van der Waals surface area (Å²) in [6.07, 6.45) is 0.642. The Hall–Kier alpha value is -0.570. The van der Waals surface area contributed by atoms with Gasteiger partial charge in [-0.05, 0) is 12.5 Å². The zero-order valence-electron chi connectivity index (χ0n) is 7.26. The molecule has 0 aromatic rings. The van der Waals surface area contributed by atoms with Crippen LogP contribution in [0.4, 0.5) is 0 Å². The molecule has 3 nitrogen and oxygen atoms in total. The molecule has 1 amide bonds. The van der Waals surface area contributed by atoms with Crippen molar-refractivity contribution in [2.24, 2.45) is 5.92 Å². The summed E-state index contributed by atoms with van der Waals surface area (Å²) in [4.78, 5) is 13.0. The molecule has 0 bridgehead atoms. The molecule has 1 heterocycles. The Morgan fingerprint density at radius 3 is 3.09 bits per heavy atom. The zero-order valence-corrected chi connectivity index (χ0v) is 7.26. The van der Waals surface area contributed by atoms with Gasteiger partial charge in [0, 0.05) is 26.6 Å². The monoisotopic (exact) mass is 156 g/mol. The number of carbonyl (C=O) groups is 1. The van der Waals surface area contributed by atoms with Crippen molar-refractivity contribution in [3.8, 4) is 0 Å². The fourth-order valence-electron chi connectivity index (χ4n) is 1.37. The molecule has 0 radical (unpaired) electrons. The van der Waals surface area contributed by atoms with Crippen molar-refractivity contribution in [2.75, 3.05) is 26.7 Å². The molecule has 1 aliphatic rings. The van der Waals surface area contributed by atoms with Crippen molar-refractivity contribution in [3.05, 3.63) is 0 Å². The van der Waals surface area contributed by atoms with Gasteiger partial charge in [-0.2, -0.15) is 0 Å². The third kappa shape index (κ3) is 2.50. The molecule has 1 N–H and O–H groups in total. The topological polar surface area (TPSA) is 32.3 Å². The van der Waals surface area contributed by atoms with Gasteiger partial charge in [0.2, 0.25) is 5.91 Å². The van der Waals surface area contributed by atoms with Gasteiger partial charge in [0.15, 0.2) is 0 Å². The number of rotatable bonds is 0. The highest BCUT2D eigenvalue weighted by Gasteiger charge is 2.14. The molecule has 1 unspecified atom stereocenters. The van der Waals surface area contributed by atoms with E-state index in [-0.39, 0.29) is 5.91 Å². The largest absolute Gasteiger partial charge is 0.345 e. The zero-order chi connectivity index (χ0) is 8.27. The predicted octanol–water partition coefficient (Wildman–Crippen LogP) is 0.0742. The molecular weight excluding hydrogens is 140 g/mol. The molecule has 3 heteroatoms. The van der Waals surface area contributed by atoms with Crippen molar-refractivity contribution in [3.63, 3.8) is 0 Å². The second-order valence-corrected chi connectivity index (χ2v) is 3.33. The van der Waals surface area contributed by atoms with E-state index in [1.54, 1.807) is 0 Å². The van der Waals surface area contributed by atoms with Crippen LogP contribution in [0.15, 0.2) is 0 Å². The number of nitrogens with zero attached hydrogens (tertiary/aromatic N) is 1. The normalized spacial score (nSPS) is 28.0. The highest BCUT2D eigenvalue weighted by molar-refractivity contribution is 5.76. The lowest BCUT2D eigenvalue weighted by molar-refractivity contribution is -0.130. The lowest BCUT2D eigenvalue weighted by Gasteiger charge is -2.24. The Morgan fingerprint density at radius 2 is 2.36 bits per heavy atom. The van der Waals surface area contributed by atoms with Gasteiger partial charge in [-0.25, -0.2) is 0 Å². The van der Waals surface area contributed by atoms with E-state index in [0.717, 1.165) is 19.6 Å². The Labute approximate surface area is 67.8 Å². The lowest BCUT2D eigenvalue weighted by atomic mass is 10.1. The fraction of sp³-hybridized carbons (Fsp3) is 0.875. The molecule has 1 fully saturated rings. The van der Waals surface area contributed by atoms with E-state index >= 15 is 0 Å². The summed E-state index contributed by atoms with van der Waals surface area (Å²) in [6, 6.07) is 0. The maximum absolute atomic E-state index is 11.2. The van der Waals surface area contributed by atoms with Crippen LogP contribution in [-0.2, 0) is 4.79 Å². The summed E-state index contributed by atoms with van der Waals surface area (Å²) < 4.78 is 0. The first-order chi connectivity index (χ1) is 5.20. The van der Waals surface area contributed by atoms with Crippen LogP contribution in [0.5, 0.6) is 0 Å². The minimum atomic E-state index is 0.254. The predicted molar refractivity (Wildman–Crippen MR) is 44.3 cm³/mol. The van der Waals surface area contributed by atoms with E-state index in [2.05, 4.69) is 12.2 Å². The second-order valence-electron chi connectivity index (χ2n) is 3.33. The SMILES string of the molecule is CC1CNCCC(=O)N(C)C1. The molecule has 0 aliphatic carbocycles. The Balaban J connectivity index is 2.45. The van der Waals surface area contributed by atoms with Crippen LogP contribution in [-0.4, -0.2) is 37.5 Å². The van der Waals surface area contributed by atoms with Gasteiger partial charge in [-0.1, -0.05) is 6.92 Å². The van der Waals surface area contributed by atoms with Crippen LogP contribution in [0.2, 0.25) is 0 Å². The average molecular weight is 156 g/mol. The van der Waals surface area contributed by atoms with E-state index in [9.17, 15) is 4.79 Å². The molecule has 1 rings (SSSR count). The Bertz CT molecular complexity index is 147. The number of hydrogen-bond acceptors (Lipinski definition) is 2. The van der Waals surface area contributed by atoms with E-state index < -0.39 is 0 Å². The Kier molecular flexibility index (Phi) is 2.88.